The Balaban J connectivity index is 0.000000387. The Morgan fingerprint density at radius 3 is 1.26 bits per heavy atom. The van der Waals surface area contributed by atoms with E-state index < -0.39 is 47.9 Å². The first kappa shape index (κ1) is 47.4. The maximum absolute atomic E-state index is 12.8. The highest BCUT2D eigenvalue weighted by Gasteiger charge is 2.33. The third-order valence-electron chi connectivity index (χ3n) is 10.2. The lowest BCUT2D eigenvalue weighted by Crippen LogP contribution is -2.57. The SMILES string of the molecule is C.CC(=O)N[C@@H](Cc1ccc(C(N)=[NH2+])cc1)C(=O)NC(C(=O)O)C1CCCCC1.CC(=O)N[C@@H](Cc1ccc(C(N)=[NH2+])cc1)C(=O)NC(C(=O)[O-])C1CCCCC1. The second kappa shape index (κ2) is 23.3. The predicted octanol–water partition coefficient (Wildman–Crippen LogP) is -2.00. The zero-order chi connectivity index (χ0) is 41.4. The summed E-state index contributed by atoms with van der Waals surface area (Å²) in [5.74, 6) is -3.96. The summed E-state index contributed by atoms with van der Waals surface area (Å²) in [6, 6.07) is 10.2. The lowest BCUT2D eigenvalue weighted by atomic mass is 9.83. The number of benzene rings is 2. The predicted molar refractivity (Wildman–Crippen MR) is 212 cm³/mol. The minimum Gasteiger partial charge on any atom is -0.548 e. The second-order valence-corrected chi connectivity index (χ2v) is 14.6. The molecule has 2 unspecified atom stereocenters. The Morgan fingerprint density at radius 1 is 0.632 bits per heavy atom. The first-order valence-electron chi connectivity index (χ1n) is 19.1. The van der Waals surface area contributed by atoms with E-state index in [4.69, 9.17) is 22.3 Å². The number of rotatable bonds is 16. The number of carboxylic acid groups (broad SMARTS) is 2. The van der Waals surface area contributed by atoms with E-state index in [0.29, 0.717) is 11.1 Å². The molecule has 13 N–H and O–H groups in total. The van der Waals surface area contributed by atoms with Crippen molar-refractivity contribution in [3.63, 3.8) is 0 Å². The van der Waals surface area contributed by atoms with E-state index in [2.05, 4.69) is 21.3 Å². The fourth-order valence-electron chi connectivity index (χ4n) is 7.24. The molecule has 0 saturated heterocycles. The topological polar surface area (TPSA) is 297 Å². The molecule has 2 aliphatic rings. The molecular formula is C41H61N8O8+. The van der Waals surface area contributed by atoms with Crippen LogP contribution in [0.4, 0.5) is 0 Å². The minimum atomic E-state index is -1.29. The molecule has 0 bridgehead atoms. The summed E-state index contributed by atoms with van der Waals surface area (Å²) in [7, 11) is 0. The van der Waals surface area contributed by atoms with Crippen LogP contribution in [0, 0.1) is 11.8 Å². The quantitative estimate of drug-likeness (QED) is 0.0665. The van der Waals surface area contributed by atoms with Crippen LogP contribution in [0.1, 0.15) is 108 Å². The van der Waals surface area contributed by atoms with Crippen LogP contribution < -0.4 is 48.7 Å². The van der Waals surface area contributed by atoms with Crippen molar-refractivity contribution in [2.24, 2.45) is 23.3 Å². The fraction of sp³-hybridized carbons (Fsp3) is 0.512. The molecule has 0 aromatic heterocycles. The fourth-order valence-corrected chi connectivity index (χ4v) is 7.24. The third-order valence-corrected chi connectivity index (χ3v) is 10.2. The first-order chi connectivity index (χ1) is 26.5. The molecule has 4 amide bonds. The number of amides is 4. The molecule has 312 valence electrons. The van der Waals surface area contributed by atoms with Gasteiger partial charge in [-0.25, -0.2) is 4.79 Å². The molecule has 2 aromatic rings. The number of hydrogen-bond donors (Lipinski definition) is 9. The summed E-state index contributed by atoms with van der Waals surface area (Å²) in [5.41, 5.74) is 14.0. The van der Waals surface area contributed by atoms with Crippen molar-refractivity contribution in [2.45, 2.75) is 122 Å². The Kier molecular flexibility index (Phi) is 19.4. The molecule has 4 rings (SSSR count). The molecule has 16 heteroatoms. The van der Waals surface area contributed by atoms with Gasteiger partial charge in [0.1, 0.15) is 18.1 Å². The van der Waals surface area contributed by atoms with Crippen LogP contribution in [-0.2, 0) is 41.6 Å². The number of carbonyl (C=O) groups excluding carboxylic acids is 5. The average molecular weight is 794 g/mol. The highest BCUT2D eigenvalue weighted by molar-refractivity contribution is 5.94. The highest BCUT2D eigenvalue weighted by atomic mass is 16.4. The van der Waals surface area contributed by atoms with Gasteiger partial charge in [-0.2, -0.15) is 0 Å². The molecular weight excluding hydrogens is 732 g/mol. The third kappa shape index (κ3) is 15.7. The van der Waals surface area contributed by atoms with Crippen LogP contribution in [0.5, 0.6) is 0 Å². The van der Waals surface area contributed by atoms with Crippen LogP contribution in [0.3, 0.4) is 0 Å². The van der Waals surface area contributed by atoms with Crippen molar-refractivity contribution in [1.82, 2.24) is 21.3 Å². The summed E-state index contributed by atoms with van der Waals surface area (Å²) in [6.07, 6.45) is 9.44. The molecule has 57 heavy (non-hydrogen) atoms. The van der Waals surface area contributed by atoms with Crippen molar-refractivity contribution in [2.75, 3.05) is 0 Å². The van der Waals surface area contributed by atoms with Gasteiger partial charge in [-0.15, -0.1) is 0 Å². The van der Waals surface area contributed by atoms with Gasteiger partial charge in [-0.05, 0) is 72.9 Å². The zero-order valence-corrected chi connectivity index (χ0v) is 32.2. The van der Waals surface area contributed by atoms with E-state index >= 15 is 0 Å². The van der Waals surface area contributed by atoms with Crippen molar-refractivity contribution < 1.29 is 49.8 Å². The second-order valence-electron chi connectivity index (χ2n) is 14.6. The van der Waals surface area contributed by atoms with Gasteiger partial charge in [-0.1, -0.05) is 70.2 Å². The smallest absolute Gasteiger partial charge is 0.326 e. The van der Waals surface area contributed by atoms with Gasteiger partial charge >= 0.3 is 5.97 Å². The zero-order valence-electron chi connectivity index (χ0n) is 32.2. The van der Waals surface area contributed by atoms with Crippen molar-refractivity contribution in [3.8, 4) is 0 Å². The van der Waals surface area contributed by atoms with E-state index in [1.807, 2.05) is 0 Å². The first-order valence-corrected chi connectivity index (χ1v) is 19.1. The van der Waals surface area contributed by atoms with E-state index in [0.717, 1.165) is 75.3 Å². The van der Waals surface area contributed by atoms with Crippen LogP contribution >= 0.6 is 0 Å². The summed E-state index contributed by atoms with van der Waals surface area (Å²) in [5, 5.41) is 42.7. The molecule has 0 heterocycles. The standard InChI is InChI=1S/2C20H28N4O4.CH4/c2*1-12(25)23-16(11-13-7-9-15(10-8-13)18(21)22)19(26)24-17(20(27)28)14-5-3-2-4-6-14;/h2*7-10,14,16-17H,2-6,11H2,1H3,(H3,21,22)(H,23,25)(H,24,26)(H,27,28);1H4/p+1/t2*16-,17?;/m00./s1. The monoisotopic (exact) mass is 793 g/mol. The van der Waals surface area contributed by atoms with E-state index in [-0.39, 0.29) is 55.6 Å². The van der Waals surface area contributed by atoms with Crippen LogP contribution in [-0.4, -0.2) is 76.5 Å². The summed E-state index contributed by atoms with van der Waals surface area (Å²) in [4.78, 5) is 72.0. The average Bonchev–Trinajstić information content (AvgIpc) is 3.16. The summed E-state index contributed by atoms with van der Waals surface area (Å²) >= 11 is 0. The Bertz CT molecular complexity index is 1580. The summed E-state index contributed by atoms with van der Waals surface area (Å²) < 4.78 is 0. The maximum atomic E-state index is 12.8. The van der Waals surface area contributed by atoms with Gasteiger partial charge in [-0.3, -0.25) is 41.5 Å². The van der Waals surface area contributed by atoms with Crippen molar-refractivity contribution in [1.29, 1.82) is 0 Å². The number of hydrogen-bond acceptors (Lipinski definition) is 7. The lowest BCUT2D eigenvalue weighted by Gasteiger charge is -2.32. The van der Waals surface area contributed by atoms with Crippen molar-refractivity contribution in [3.05, 3.63) is 70.8 Å². The Morgan fingerprint density at radius 2 is 0.965 bits per heavy atom. The van der Waals surface area contributed by atoms with Crippen molar-refractivity contribution >= 4 is 47.2 Å². The van der Waals surface area contributed by atoms with E-state index in [1.165, 1.54) is 13.8 Å². The number of aliphatic carboxylic acids is 2. The van der Waals surface area contributed by atoms with Gasteiger partial charge in [0.2, 0.25) is 23.6 Å². The molecule has 2 saturated carbocycles. The number of carboxylic acids is 2. The maximum Gasteiger partial charge on any atom is 0.326 e. The van der Waals surface area contributed by atoms with Gasteiger partial charge < -0.3 is 36.3 Å². The van der Waals surface area contributed by atoms with Gasteiger partial charge in [0.15, 0.2) is 0 Å². The summed E-state index contributed by atoms with van der Waals surface area (Å²) in [6.45, 7) is 2.63. The number of carbonyl (C=O) groups is 6. The van der Waals surface area contributed by atoms with Crippen LogP contribution in [0.25, 0.3) is 0 Å². The minimum absolute atomic E-state index is 0. The number of nitrogens with two attached hydrogens (primary N) is 4. The molecule has 2 aromatic carbocycles. The van der Waals surface area contributed by atoms with Gasteiger partial charge in [0.05, 0.1) is 23.1 Å². The van der Waals surface area contributed by atoms with Gasteiger partial charge in [0.25, 0.3) is 11.7 Å². The molecule has 16 nitrogen and oxygen atoms in total. The normalized spacial score (nSPS) is 16.3. The Labute approximate surface area is 334 Å². The largest absolute Gasteiger partial charge is 0.548 e. The van der Waals surface area contributed by atoms with E-state index in [1.54, 1.807) is 48.5 Å². The molecule has 0 radical (unpaired) electrons. The highest BCUT2D eigenvalue weighted by Crippen LogP contribution is 2.28. The van der Waals surface area contributed by atoms with Gasteiger partial charge in [0, 0.05) is 26.7 Å². The molecule has 0 spiro atoms. The van der Waals surface area contributed by atoms with Crippen LogP contribution in [0.2, 0.25) is 0 Å². The van der Waals surface area contributed by atoms with E-state index in [9.17, 15) is 39.0 Å². The molecule has 2 fully saturated rings. The molecule has 0 aliphatic heterocycles. The molecule has 2 aliphatic carbocycles. The number of nitrogens with one attached hydrogen (secondary N) is 4. The molecule has 4 atom stereocenters. The van der Waals surface area contributed by atoms with Crippen LogP contribution in [0.15, 0.2) is 48.5 Å². The number of amidine groups is 2. The lowest BCUT2D eigenvalue weighted by molar-refractivity contribution is -0.310. The Hall–Kier alpha value is -5.80.